The molecule has 0 unspecified atom stereocenters. The van der Waals surface area contributed by atoms with E-state index in [9.17, 15) is 14.7 Å². The van der Waals surface area contributed by atoms with Crippen LogP contribution in [0.25, 0.3) is 11.0 Å². The fourth-order valence-electron chi connectivity index (χ4n) is 2.99. The topological polar surface area (TPSA) is 113 Å². The van der Waals surface area contributed by atoms with Crippen molar-refractivity contribution in [2.24, 2.45) is 0 Å². The van der Waals surface area contributed by atoms with Gasteiger partial charge in [0.2, 0.25) is 0 Å². The molecule has 0 spiro atoms. The minimum atomic E-state index is -1.04. The predicted octanol–water partition coefficient (Wildman–Crippen LogP) is 5.11. The van der Waals surface area contributed by atoms with E-state index in [4.69, 9.17) is 21.4 Å². The highest BCUT2D eigenvalue weighted by atomic mass is 35.5. The maximum absolute atomic E-state index is 11.3. The summed E-state index contributed by atoms with van der Waals surface area (Å²) in [6.07, 6.45) is 0. The van der Waals surface area contributed by atoms with Gasteiger partial charge in [0, 0.05) is 11.1 Å². The molecular weight excluding hydrogens is 432 g/mol. The molecule has 158 valence electrons. The molecule has 32 heavy (non-hydrogen) atoms. The number of aromatic amines is 1. The molecule has 1 heterocycles. The minimum Gasteiger partial charge on any atom is -0.478 e. The number of rotatable bonds is 4. The zero-order valence-electron chi connectivity index (χ0n) is 16.6. The molecule has 0 amide bonds. The summed E-state index contributed by atoms with van der Waals surface area (Å²) < 4.78 is 5.69. The molecule has 3 N–H and O–H groups in total. The van der Waals surface area contributed by atoms with Crippen molar-refractivity contribution in [1.29, 1.82) is 0 Å². The van der Waals surface area contributed by atoms with Crippen molar-refractivity contribution in [3.8, 4) is 23.6 Å². The van der Waals surface area contributed by atoms with Gasteiger partial charge in [-0.2, -0.15) is 4.98 Å². The highest BCUT2D eigenvalue weighted by Crippen LogP contribution is 2.27. The molecule has 4 rings (SSSR count). The number of carboxylic acids is 2. The maximum Gasteiger partial charge on any atom is 0.336 e. The largest absolute Gasteiger partial charge is 0.478 e. The number of halogens is 1. The first-order valence-corrected chi connectivity index (χ1v) is 9.74. The molecule has 0 aliphatic rings. The second kappa shape index (κ2) is 8.46. The molecule has 8 heteroatoms. The van der Waals surface area contributed by atoms with Crippen LogP contribution < -0.4 is 4.74 Å². The molecule has 0 fully saturated rings. The van der Waals surface area contributed by atoms with E-state index >= 15 is 0 Å². The number of hydrogen-bond donors (Lipinski definition) is 3. The van der Waals surface area contributed by atoms with Gasteiger partial charge in [-0.3, -0.25) is 0 Å². The number of benzene rings is 3. The highest BCUT2D eigenvalue weighted by Gasteiger charge is 2.12. The first-order chi connectivity index (χ1) is 15.3. The molecule has 0 radical (unpaired) electrons. The number of hydrogen-bond acceptors (Lipinski definition) is 4. The molecule has 7 nitrogen and oxygen atoms in total. The van der Waals surface area contributed by atoms with Gasteiger partial charge in [0.15, 0.2) is 0 Å². The molecule has 0 aliphatic carbocycles. The van der Waals surface area contributed by atoms with Gasteiger partial charge in [-0.05, 0) is 61.0 Å². The molecule has 0 aliphatic heterocycles. The van der Waals surface area contributed by atoms with Crippen LogP contribution in [0, 0.1) is 18.8 Å². The lowest BCUT2D eigenvalue weighted by Gasteiger charge is -2.05. The molecular formula is C24H15ClN2O5. The van der Waals surface area contributed by atoms with Gasteiger partial charge in [0.1, 0.15) is 5.75 Å². The van der Waals surface area contributed by atoms with Crippen LogP contribution >= 0.6 is 11.6 Å². The Morgan fingerprint density at radius 3 is 2.44 bits per heavy atom. The first kappa shape index (κ1) is 21.0. The average Bonchev–Trinajstić information content (AvgIpc) is 3.14. The number of fused-ring (bicyclic) bond motifs is 1. The van der Waals surface area contributed by atoms with Crippen molar-refractivity contribution in [3.63, 3.8) is 0 Å². The lowest BCUT2D eigenvalue weighted by Crippen LogP contribution is -2.00. The summed E-state index contributed by atoms with van der Waals surface area (Å²) in [5, 5.41) is 18.6. The van der Waals surface area contributed by atoms with Crippen molar-refractivity contribution >= 4 is 34.6 Å². The standard InChI is InChI=1S/C24H15ClN2O5/c1-13-2-9-17(11-18(13)23(30)31)32-24-26-20-10-16(19(25)12-21(20)27-24)8-5-14-3-6-15(7-4-14)22(28)29/h2-4,6-7,9-12H,1H3,(H,26,27)(H,28,29)(H,30,31). The van der Waals surface area contributed by atoms with Gasteiger partial charge < -0.3 is 19.9 Å². The van der Waals surface area contributed by atoms with Crippen LogP contribution in [0.2, 0.25) is 5.02 Å². The van der Waals surface area contributed by atoms with Gasteiger partial charge in [-0.1, -0.05) is 29.5 Å². The van der Waals surface area contributed by atoms with E-state index in [1.165, 1.54) is 18.2 Å². The Morgan fingerprint density at radius 2 is 1.75 bits per heavy atom. The normalized spacial score (nSPS) is 10.4. The Kier molecular flexibility index (Phi) is 5.54. The van der Waals surface area contributed by atoms with Crippen molar-refractivity contribution in [2.75, 3.05) is 0 Å². The van der Waals surface area contributed by atoms with Crippen molar-refractivity contribution in [2.45, 2.75) is 6.92 Å². The number of H-pyrrole nitrogens is 1. The third kappa shape index (κ3) is 4.41. The number of carboxylic acid groups (broad SMARTS) is 2. The molecule has 1 aromatic heterocycles. The van der Waals surface area contributed by atoms with Crippen LogP contribution in [0.3, 0.4) is 0 Å². The van der Waals surface area contributed by atoms with Gasteiger partial charge >= 0.3 is 11.9 Å². The zero-order valence-corrected chi connectivity index (χ0v) is 17.4. The first-order valence-electron chi connectivity index (χ1n) is 9.36. The Labute approximate surface area is 187 Å². The summed E-state index contributed by atoms with van der Waals surface area (Å²) >= 11 is 6.34. The zero-order chi connectivity index (χ0) is 22.8. The number of imidazole rings is 1. The third-order valence-corrected chi connectivity index (χ3v) is 4.99. The Balaban J connectivity index is 1.61. The average molecular weight is 447 g/mol. The Bertz CT molecular complexity index is 1430. The van der Waals surface area contributed by atoms with Crippen molar-refractivity contribution in [3.05, 3.63) is 87.4 Å². The van der Waals surface area contributed by atoms with E-state index < -0.39 is 11.9 Å². The Morgan fingerprint density at radius 1 is 1.00 bits per heavy atom. The van der Waals surface area contributed by atoms with Crippen molar-refractivity contribution in [1.82, 2.24) is 9.97 Å². The molecule has 4 aromatic rings. The number of ether oxygens (including phenoxy) is 1. The minimum absolute atomic E-state index is 0.149. The van der Waals surface area contributed by atoms with Crippen molar-refractivity contribution < 1.29 is 24.5 Å². The third-order valence-electron chi connectivity index (χ3n) is 4.68. The number of nitrogens with zero attached hydrogens (tertiary/aromatic N) is 1. The van der Waals surface area contributed by atoms with Crippen LogP contribution in [-0.2, 0) is 0 Å². The highest BCUT2D eigenvalue weighted by molar-refractivity contribution is 6.32. The number of aromatic nitrogens is 2. The summed E-state index contributed by atoms with van der Waals surface area (Å²) in [6.45, 7) is 1.71. The molecule has 3 aromatic carbocycles. The fourth-order valence-corrected chi connectivity index (χ4v) is 3.20. The summed E-state index contributed by atoms with van der Waals surface area (Å²) in [5.41, 5.74) is 3.36. The van der Waals surface area contributed by atoms with E-state index in [0.717, 1.165) is 0 Å². The van der Waals surface area contributed by atoms with Crippen LogP contribution in [0.5, 0.6) is 11.8 Å². The summed E-state index contributed by atoms with van der Waals surface area (Å²) in [7, 11) is 0. The summed E-state index contributed by atoms with van der Waals surface area (Å²) in [5.74, 6) is 4.22. The number of aromatic carboxylic acids is 2. The van der Waals surface area contributed by atoms with Crippen LogP contribution in [-0.4, -0.2) is 32.1 Å². The lowest BCUT2D eigenvalue weighted by molar-refractivity contribution is 0.0685. The number of carbonyl (C=O) groups is 2. The van der Waals surface area contributed by atoms with Gasteiger partial charge in [-0.15, -0.1) is 0 Å². The monoisotopic (exact) mass is 446 g/mol. The molecule has 0 saturated carbocycles. The maximum atomic E-state index is 11.3. The summed E-state index contributed by atoms with van der Waals surface area (Å²) in [4.78, 5) is 29.6. The van der Waals surface area contributed by atoms with Gasteiger partial charge in [0.25, 0.3) is 6.01 Å². The Hall–Kier alpha value is -4.28. The quantitative estimate of drug-likeness (QED) is 0.375. The smallest absolute Gasteiger partial charge is 0.336 e. The lowest BCUT2D eigenvalue weighted by atomic mass is 10.1. The SMILES string of the molecule is Cc1ccc(Oc2nc3cc(Cl)c(C#Cc4ccc(C(=O)O)cc4)cc3[nH]2)cc1C(=O)O. The van der Waals surface area contributed by atoms with Crippen LogP contribution in [0.15, 0.2) is 54.6 Å². The van der Waals surface area contributed by atoms with E-state index in [1.807, 2.05) is 0 Å². The van der Waals surface area contributed by atoms with E-state index in [-0.39, 0.29) is 17.1 Å². The van der Waals surface area contributed by atoms with Crippen LogP contribution in [0.1, 0.15) is 37.4 Å². The van der Waals surface area contributed by atoms with E-state index in [1.54, 1.807) is 43.3 Å². The fraction of sp³-hybridized carbons (Fsp3) is 0.0417. The number of aryl methyl sites for hydroxylation is 1. The van der Waals surface area contributed by atoms with E-state index in [2.05, 4.69) is 21.8 Å². The van der Waals surface area contributed by atoms with E-state index in [0.29, 0.717) is 38.5 Å². The molecule has 0 atom stereocenters. The van der Waals surface area contributed by atoms with Gasteiger partial charge in [0.05, 0.1) is 27.2 Å². The predicted molar refractivity (Wildman–Crippen MR) is 119 cm³/mol. The second-order valence-corrected chi connectivity index (χ2v) is 7.31. The number of nitrogens with one attached hydrogen (secondary N) is 1. The molecule has 0 bridgehead atoms. The summed E-state index contributed by atoms with van der Waals surface area (Å²) in [6, 6.07) is 14.5. The molecule has 0 saturated heterocycles. The van der Waals surface area contributed by atoms with Gasteiger partial charge in [-0.25, -0.2) is 9.59 Å². The van der Waals surface area contributed by atoms with Crippen LogP contribution in [0.4, 0.5) is 0 Å². The second-order valence-electron chi connectivity index (χ2n) is 6.91.